The molecule has 33 heavy (non-hydrogen) atoms. The number of carbonyl (C=O) groups excluding carboxylic acids is 2. The lowest BCUT2D eigenvalue weighted by molar-refractivity contribution is -0.134. The first-order chi connectivity index (χ1) is 16.1. The lowest BCUT2D eigenvalue weighted by Crippen LogP contribution is -2.39. The fourth-order valence-corrected chi connectivity index (χ4v) is 4.92. The summed E-state index contributed by atoms with van der Waals surface area (Å²) >= 11 is 0. The number of hydrogen-bond acceptors (Lipinski definition) is 4. The normalized spacial score (nSPS) is 17.7. The molecule has 3 heterocycles. The van der Waals surface area contributed by atoms with Crippen molar-refractivity contribution >= 4 is 17.5 Å². The summed E-state index contributed by atoms with van der Waals surface area (Å²) in [6, 6.07) is 17.3. The van der Waals surface area contributed by atoms with Gasteiger partial charge in [-0.25, -0.2) is 0 Å². The Labute approximate surface area is 193 Å². The van der Waals surface area contributed by atoms with E-state index in [1.54, 1.807) is 12.0 Å². The molecule has 1 fully saturated rings. The van der Waals surface area contributed by atoms with E-state index >= 15 is 0 Å². The van der Waals surface area contributed by atoms with Gasteiger partial charge in [-0.1, -0.05) is 30.3 Å². The van der Waals surface area contributed by atoms with Crippen LogP contribution in [0.3, 0.4) is 0 Å². The molecule has 1 aromatic heterocycles. The second-order valence-electron chi connectivity index (χ2n) is 8.67. The third-order valence-corrected chi connectivity index (χ3v) is 6.62. The first-order valence-electron chi connectivity index (χ1n) is 11.5. The van der Waals surface area contributed by atoms with Crippen molar-refractivity contribution < 1.29 is 14.3 Å². The van der Waals surface area contributed by atoms with Gasteiger partial charge in [0.25, 0.3) is 5.91 Å². The first kappa shape index (κ1) is 21.2. The average molecular weight is 445 g/mol. The number of carbonyl (C=O) groups is 2. The highest BCUT2D eigenvalue weighted by atomic mass is 16.5. The smallest absolute Gasteiger partial charge is 0.278 e. The Balaban J connectivity index is 1.33. The van der Waals surface area contributed by atoms with Crippen LogP contribution in [0.1, 0.15) is 52.6 Å². The summed E-state index contributed by atoms with van der Waals surface area (Å²) in [7, 11) is 1.62. The molecule has 0 aliphatic carbocycles. The van der Waals surface area contributed by atoms with E-state index in [1.165, 1.54) is 5.56 Å². The number of H-pyrrole nitrogens is 1. The summed E-state index contributed by atoms with van der Waals surface area (Å²) in [6.07, 6.45) is 4.04. The Kier molecular flexibility index (Phi) is 5.86. The molecular weight excluding hydrogens is 416 g/mol. The van der Waals surface area contributed by atoms with E-state index in [9.17, 15) is 9.59 Å². The van der Waals surface area contributed by atoms with E-state index in [0.29, 0.717) is 25.2 Å². The number of nitrogens with one attached hydrogen (secondary N) is 1. The standard InChI is InChI=1S/C26H28N4O3/c1-33-20-9-6-7-18(15-20)16-25(31)29-13-5-4-11-24(29)21-17-22(28-27-21)26(32)30-14-12-19-8-2-3-10-23(19)30/h2-3,6-10,15,17,24H,4-5,11-14,16H2,1H3,(H,27,28). The molecule has 170 valence electrons. The summed E-state index contributed by atoms with van der Waals surface area (Å²) in [4.78, 5) is 30.1. The third-order valence-electron chi connectivity index (χ3n) is 6.62. The van der Waals surface area contributed by atoms with Crippen LogP contribution in [0, 0.1) is 0 Å². The van der Waals surface area contributed by atoms with Gasteiger partial charge in [0, 0.05) is 18.8 Å². The van der Waals surface area contributed by atoms with Crippen molar-refractivity contribution in [3.05, 3.63) is 77.1 Å². The summed E-state index contributed by atoms with van der Waals surface area (Å²) in [5.41, 5.74) is 4.29. The highest BCUT2D eigenvalue weighted by molar-refractivity contribution is 6.06. The van der Waals surface area contributed by atoms with Crippen molar-refractivity contribution in [3.8, 4) is 5.75 Å². The number of benzene rings is 2. The van der Waals surface area contributed by atoms with Gasteiger partial charge in [0.2, 0.25) is 5.91 Å². The number of para-hydroxylation sites is 1. The van der Waals surface area contributed by atoms with E-state index < -0.39 is 0 Å². The number of aromatic nitrogens is 2. The average Bonchev–Trinajstić information content (AvgIpc) is 3.51. The van der Waals surface area contributed by atoms with Gasteiger partial charge in [-0.15, -0.1) is 0 Å². The highest BCUT2D eigenvalue weighted by Gasteiger charge is 2.31. The van der Waals surface area contributed by atoms with Crippen molar-refractivity contribution in [2.45, 2.75) is 38.1 Å². The number of aromatic amines is 1. The number of hydrogen-bond donors (Lipinski definition) is 1. The van der Waals surface area contributed by atoms with Gasteiger partial charge in [-0.05, 0) is 61.1 Å². The van der Waals surface area contributed by atoms with Crippen molar-refractivity contribution in [2.24, 2.45) is 0 Å². The van der Waals surface area contributed by atoms with Crippen LogP contribution >= 0.6 is 0 Å². The van der Waals surface area contributed by atoms with Crippen LogP contribution in [-0.2, 0) is 17.6 Å². The van der Waals surface area contributed by atoms with Gasteiger partial charge in [-0.3, -0.25) is 14.7 Å². The van der Waals surface area contributed by atoms with Crippen LogP contribution in [0.25, 0.3) is 0 Å². The summed E-state index contributed by atoms with van der Waals surface area (Å²) in [5, 5.41) is 7.40. The zero-order valence-electron chi connectivity index (χ0n) is 18.8. The molecule has 1 atom stereocenters. The van der Waals surface area contributed by atoms with Crippen molar-refractivity contribution in [2.75, 3.05) is 25.1 Å². The number of piperidine rings is 1. The molecule has 7 nitrogen and oxygen atoms in total. The second kappa shape index (κ2) is 9.10. The molecule has 2 aromatic carbocycles. The van der Waals surface area contributed by atoms with Crippen molar-refractivity contribution in [3.63, 3.8) is 0 Å². The molecule has 2 aliphatic heterocycles. The van der Waals surface area contributed by atoms with E-state index in [-0.39, 0.29) is 17.9 Å². The molecule has 0 saturated carbocycles. The topological polar surface area (TPSA) is 78.5 Å². The predicted molar refractivity (Wildman–Crippen MR) is 125 cm³/mol. The quantitative estimate of drug-likeness (QED) is 0.647. The van der Waals surface area contributed by atoms with E-state index in [2.05, 4.69) is 16.3 Å². The number of anilines is 1. The minimum Gasteiger partial charge on any atom is -0.497 e. The van der Waals surface area contributed by atoms with Gasteiger partial charge >= 0.3 is 0 Å². The Morgan fingerprint density at radius 2 is 1.97 bits per heavy atom. The molecule has 0 radical (unpaired) electrons. The lowest BCUT2D eigenvalue weighted by Gasteiger charge is -2.35. The summed E-state index contributed by atoms with van der Waals surface area (Å²) in [6.45, 7) is 1.37. The van der Waals surface area contributed by atoms with Crippen LogP contribution in [0.15, 0.2) is 54.6 Å². The Morgan fingerprint density at radius 1 is 1.09 bits per heavy atom. The molecule has 2 aliphatic rings. The number of fused-ring (bicyclic) bond motifs is 1. The first-order valence-corrected chi connectivity index (χ1v) is 11.5. The summed E-state index contributed by atoms with van der Waals surface area (Å²) < 4.78 is 5.29. The summed E-state index contributed by atoms with van der Waals surface area (Å²) in [5.74, 6) is 0.715. The van der Waals surface area contributed by atoms with Gasteiger partial charge in [0.05, 0.1) is 25.3 Å². The lowest BCUT2D eigenvalue weighted by atomic mass is 9.98. The predicted octanol–water partition coefficient (Wildman–Crippen LogP) is 3.92. The second-order valence-corrected chi connectivity index (χ2v) is 8.67. The minimum absolute atomic E-state index is 0.0731. The molecule has 5 rings (SSSR count). The molecule has 1 unspecified atom stereocenters. The van der Waals surface area contributed by atoms with Gasteiger partial charge in [-0.2, -0.15) is 5.10 Å². The van der Waals surface area contributed by atoms with Gasteiger partial charge < -0.3 is 14.5 Å². The zero-order valence-corrected chi connectivity index (χ0v) is 18.8. The van der Waals surface area contributed by atoms with Gasteiger partial charge in [0.15, 0.2) is 5.69 Å². The number of amides is 2. The number of ether oxygens (including phenoxy) is 1. The Hall–Kier alpha value is -3.61. The fourth-order valence-electron chi connectivity index (χ4n) is 4.92. The number of methoxy groups -OCH3 is 1. The van der Waals surface area contributed by atoms with Gasteiger partial charge in [0.1, 0.15) is 5.75 Å². The Bertz CT molecular complexity index is 1170. The third kappa shape index (κ3) is 4.23. The molecule has 2 amide bonds. The number of nitrogens with zero attached hydrogens (tertiary/aromatic N) is 3. The van der Waals surface area contributed by atoms with Crippen molar-refractivity contribution in [1.82, 2.24) is 15.1 Å². The Morgan fingerprint density at radius 3 is 2.85 bits per heavy atom. The molecule has 1 N–H and O–H groups in total. The molecule has 7 heteroatoms. The number of likely N-dealkylation sites (tertiary alicyclic amines) is 1. The van der Waals surface area contributed by atoms with Crippen LogP contribution < -0.4 is 9.64 Å². The maximum Gasteiger partial charge on any atom is 0.278 e. The molecule has 0 bridgehead atoms. The highest BCUT2D eigenvalue weighted by Crippen LogP contribution is 2.32. The van der Waals surface area contributed by atoms with E-state index in [0.717, 1.165) is 48.4 Å². The monoisotopic (exact) mass is 444 g/mol. The van der Waals surface area contributed by atoms with E-state index in [4.69, 9.17) is 4.74 Å². The van der Waals surface area contributed by atoms with Crippen LogP contribution in [0.2, 0.25) is 0 Å². The molecule has 0 spiro atoms. The maximum absolute atomic E-state index is 13.2. The van der Waals surface area contributed by atoms with Crippen LogP contribution in [-0.4, -0.2) is 47.1 Å². The largest absolute Gasteiger partial charge is 0.497 e. The van der Waals surface area contributed by atoms with Crippen LogP contribution in [0.5, 0.6) is 5.75 Å². The molecule has 3 aromatic rings. The molecule has 1 saturated heterocycles. The van der Waals surface area contributed by atoms with E-state index in [1.807, 2.05) is 53.4 Å². The SMILES string of the molecule is COc1cccc(CC(=O)N2CCCCC2c2cc(C(=O)N3CCc4ccccc43)n[nH]2)c1. The van der Waals surface area contributed by atoms with Crippen molar-refractivity contribution in [1.29, 1.82) is 0 Å². The fraction of sp³-hybridized carbons (Fsp3) is 0.346. The maximum atomic E-state index is 13.2. The molecular formula is C26H28N4O3. The zero-order chi connectivity index (χ0) is 22.8. The van der Waals surface area contributed by atoms with Crippen LogP contribution in [0.4, 0.5) is 5.69 Å². The number of rotatable bonds is 5. The minimum atomic E-state index is -0.104.